The molecule has 1 unspecified atom stereocenters. The minimum atomic E-state index is -0.812. The third kappa shape index (κ3) is 6.97. The Morgan fingerprint density at radius 2 is 2.21 bits per heavy atom. The number of hydrogen-bond donors (Lipinski definition) is 1. The molecule has 0 aromatic heterocycles. The third-order valence-electron chi connectivity index (χ3n) is 1.88. The summed E-state index contributed by atoms with van der Waals surface area (Å²) in [6.07, 6.45) is 1.45. The first-order valence-corrected chi connectivity index (χ1v) is 6.87. The van der Waals surface area contributed by atoms with Gasteiger partial charge in [-0.15, -0.1) is 11.8 Å². The van der Waals surface area contributed by atoms with Gasteiger partial charge in [-0.2, -0.15) is 0 Å². The number of oxime groups is 1. The molecule has 7 heteroatoms. The number of carbonyl (C=O) groups excluding carboxylic acids is 2. The first-order valence-electron chi connectivity index (χ1n) is 5.83. The fourth-order valence-electron chi connectivity index (χ4n) is 1.03. The number of ether oxygens (including phenoxy) is 1. The van der Waals surface area contributed by atoms with Gasteiger partial charge in [0.15, 0.2) is 0 Å². The number of thioether (sulfide) groups is 1. The first kappa shape index (κ1) is 17.7. The van der Waals surface area contributed by atoms with Gasteiger partial charge in [0.2, 0.25) is 11.5 Å². The molecule has 0 aliphatic carbocycles. The van der Waals surface area contributed by atoms with Gasteiger partial charge in [0.25, 0.3) is 0 Å². The molecule has 0 radical (unpaired) electrons. The van der Waals surface area contributed by atoms with Crippen molar-refractivity contribution in [2.24, 2.45) is 5.16 Å². The molecule has 0 saturated carbocycles. The van der Waals surface area contributed by atoms with Gasteiger partial charge in [-0.25, -0.2) is 4.79 Å². The molecule has 6 nitrogen and oxygen atoms in total. The molecule has 0 aromatic rings. The number of nitrogens with zero attached hydrogens (tertiary/aromatic N) is 1. The van der Waals surface area contributed by atoms with Gasteiger partial charge < -0.3 is 14.7 Å². The Morgan fingerprint density at radius 3 is 2.74 bits per heavy atom. The van der Waals surface area contributed by atoms with Crippen LogP contribution in [0.3, 0.4) is 0 Å². The summed E-state index contributed by atoms with van der Waals surface area (Å²) in [7, 11) is 0. The van der Waals surface area contributed by atoms with E-state index in [1.165, 1.54) is 17.8 Å². The van der Waals surface area contributed by atoms with E-state index in [2.05, 4.69) is 11.7 Å². The zero-order chi connectivity index (χ0) is 14.7. The van der Waals surface area contributed by atoms with E-state index in [0.717, 1.165) is 0 Å². The van der Waals surface area contributed by atoms with Gasteiger partial charge >= 0.3 is 5.97 Å². The quantitative estimate of drug-likeness (QED) is 0.160. The van der Waals surface area contributed by atoms with E-state index in [1.807, 2.05) is 0 Å². The molecule has 0 saturated heterocycles. The number of carbonyl (C=O) groups is 2. The minimum Gasteiger partial charge on any atom is -0.461 e. The summed E-state index contributed by atoms with van der Waals surface area (Å²) in [6.45, 7) is 6.89. The predicted octanol–water partition coefficient (Wildman–Crippen LogP) is 0.791. The van der Waals surface area contributed by atoms with Crippen molar-refractivity contribution in [1.82, 2.24) is 0 Å². The van der Waals surface area contributed by atoms with E-state index < -0.39 is 17.0 Å². The average molecular weight is 289 g/mol. The summed E-state index contributed by atoms with van der Waals surface area (Å²) in [6, 6.07) is 0. The SMILES string of the molecule is C=CCON=C(C(=O)OCC)C(=O)C(C)SCCO. The van der Waals surface area contributed by atoms with E-state index >= 15 is 0 Å². The molecule has 0 aliphatic rings. The fraction of sp³-hybridized carbons (Fsp3) is 0.583. The number of hydrogen-bond acceptors (Lipinski definition) is 7. The van der Waals surface area contributed by atoms with Crippen molar-refractivity contribution in [3.63, 3.8) is 0 Å². The highest BCUT2D eigenvalue weighted by atomic mass is 32.2. The zero-order valence-electron chi connectivity index (χ0n) is 11.1. The smallest absolute Gasteiger partial charge is 0.364 e. The highest BCUT2D eigenvalue weighted by molar-refractivity contribution is 8.00. The van der Waals surface area contributed by atoms with Crippen LogP contribution in [0.15, 0.2) is 17.8 Å². The molecule has 0 aromatic carbocycles. The second-order valence-electron chi connectivity index (χ2n) is 3.35. The normalized spacial score (nSPS) is 12.7. The summed E-state index contributed by atoms with van der Waals surface area (Å²) in [5.74, 6) is -0.898. The molecular weight excluding hydrogens is 270 g/mol. The molecule has 0 spiro atoms. The lowest BCUT2D eigenvalue weighted by molar-refractivity contribution is -0.136. The molecule has 0 heterocycles. The maximum Gasteiger partial charge on any atom is 0.364 e. The van der Waals surface area contributed by atoms with Crippen molar-refractivity contribution in [1.29, 1.82) is 0 Å². The molecule has 1 N–H and O–H groups in total. The van der Waals surface area contributed by atoms with Crippen LogP contribution in [-0.4, -0.2) is 53.4 Å². The van der Waals surface area contributed by atoms with Crippen molar-refractivity contribution in [3.05, 3.63) is 12.7 Å². The van der Waals surface area contributed by atoms with Crippen LogP contribution in [0.25, 0.3) is 0 Å². The third-order valence-corrected chi connectivity index (χ3v) is 3.01. The number of Topliss-reactive ketones (excluding diaryl/α,β-unsaturated/α-hetero) is 1. The van der Waals surface area contributed by atoms with Crippen LogP contribution < -0.4 is 0 Å². The summed E-state index contributed by atoms with van der Waals surface area (Å²) >= 11 is 1.22. The second kappa shape index (κ2) is 10.6. The van der Waals surface area contributed by atoms with Crippen LogP contribution in [-0.2, 0) is 19.2 Å². The van der Waals surface area contributed by atoms with E-state index in [9.17, 15) is 9.59 Å². The Bertz CT molecular complexity index is 343. The Kier molecular flexibility index (Phi) is 9.82. The van der Waals surface area contributed by atoms with E-state index in [1.54, 1.807) is 13.8 Å². The summed E-state index contributed by atoms with van der Waals surface area (Å²) in [5, 5.41) is 11.7. The lowest BCUT2D eigenvalue weighted by Gasteiger charge is -2.10. The molecular formula is C12H19NO5S. The van der Waals surface area contributed by atoms with Crippen molar-refractivity contribution in [2.45, 2.75) is 19.1 Å². The summed E-state index contributed by atoms with van der Waals surface area (Å²) < 4.78 is 4.76. The van der Waals surface area contributed by atoms with Crippen LogP contribution in [0.4, 0.5) is 0 Å². The number of rotatable bonds is 10. The maximum absolute atomic E-state index is 12.0. The molecule has 108 valence electrons. The highest BCUT2D eigenvalue weighted by Gasteiger charge is 2.27. The molecule has 19 heavy (non-hydrogen) atoms. The summed E-state index contributed by atoms with van der Waals surface area (Å²) in [5.41, 5.74) is -0.373. The Balaban J connectivity index is 4.80. The standard InChI is InChI=1S/C12H19NO5S/c1-4-7-18-13-10(12(16)17-5-2)11(15)9(3)19-8-6-14/h4,9,14H,1,5-8H2,2-3H3. The predicted molar refractivity (Wildman–Crippen MR) is 74.2 cm³/mol. The second-order valence-corrected chi connectivity index (χ2v) is 4.79. The van der Waals surface area contributed by atoms with E-state index in [-0.39, 0.29) is 25.5 Å². The van der Waals surface area contributed by atoms with Crippen molar-refractivity contribution in [2.75, 3.05) is 25.6 Å². The maximum atomic E-state index is 12.0. The molecule has 0 rings (SSSR count). The monoisotopic (exact) mass is 289 g/mol. The number of aliphatic hydroxyl groups excluding tert-OH is 1. The number of esters is 1. The van der Waals surface area contributed by atoms with Crippen LogP contribution >= 0.6 is 11.8 Å². The van der Waals surface area contributed by atoms with Gasteiger partial charge in [-0.3, -0.25) is 4.79 Å². The van der Waals surface area contributed by atoms with Crippen molar-refractivity contribution >= 4 is 29.2 Å². The Morgan fingerprint density at radius 1 is 1.53 bits per heavy atom. The first-order chi connectivity index (χ1) is 9.08. The number of aliphatic hydroxyl groups is 1. The van der Waals surface area contributed by atoms with Crippen LogP contribution in [0.5, 0.6) is 0 Å². The van der Waals surface area contributed by atoms with Gasteiger partial charge in [-0.05, 0) is 13.8 Å². The summed E-state index contributed by atoms with van der Waals surface area (Å²) in [4.78, 5) is 28.4. The fourth-order valence-corrected chi connectivity index (χ4v) is 1.76. The van der Waals surface area contributed by atoms with E-state index in [0.29, 0.717) is 5.75 Å². The lowest BCUT2D eigenvalue weighted by Crippen LogP contribution is -2.32. The van der Waals surface area contributed by atoms with Crippen LogP contribution in [0.1, 0.15) is 13.8 Å². The minimum absolute atomic E-state index is 0.0405. The van der Waals surface area contributed by atoms with Crippen molar-refractivity contribution in [3.8, 4) is 0 Å². The molecule has 0 fully saturated rings. The van der Waals surface area contributed by atoms with Crippen LogP contribution in [0.2, 0.25) is 0 Å². The van der Waals surface area contributed by atoms with Gasteiger partial charge in [0.1, 0.15) is 6.61 Å². The zero-order valence-corrected chi connectivity index (χ0v) is 11.9. The topological polar surface area (TPSA) is 85.2 Å². The largest absolute Gasteiger partial charge is 0.461 e. The van der Waals surface area contributed by atoms with E-state index in [4.69, 9.17) is 14.7 Å². The highest BCUT2D eigenvalue weighted by Crippen LogP contribution is 2.12. The average Bonchev–Trinajstić information content (AvgIpc) is 2.40. The van der Waals surface area contributed by atoms with Gasteiger partial charge in [0, 0.05) is 5.75 Å². The molecule has 0 amide bonds. The number of ketones is 1. The lowest BCUT2D eigenvalue weighted by atomic mass is 10.2. The molecule has 1 atom stereocenters. The van der Waals surface area contributed by atoms with Crippen LogP contribution in [0, 0.1) is 0 Å². The van der Waals surface area contributed by atoms with Gasteiger partial charge in [-0.1, -0.05) is 17.8 Å². The van der Waals surface area contributed by atoms with Crippen molar-refractivity contribution < 1.29 is 24.3 Å². The molecule has 0 aliphatic heterocycles. The van der Waals surface area contributed by atoms with Gasteiger partial charge in [0.05, 0.1) is 18.5 Å². The Labute approximate surface area is 116 Å². The Hall–Kier alpha value is -1.34. The molecule has 0 bridgehead atoms.